The molecule has 0 aliphatic heterocycles. The first-order valence-corrected chi connectivity index (χ1v) is 6.78. The fraction of sp³-hybridized carbons (Fsp3) is 0.643. The highest BCUT2D eigenvalue weighted by Crippen LogP contribution is 2.30. The molecule has 5 nitrogen and oxygen atoms in total. The summed E-state index contributed by atoms with van der Waals surface area (Å²) in [4.78, 5) is 21.7. The fourth-order valence-corrected chi connectivity index (χ4v) is 2.01. The number of carbonyl (C=O) groups is 1. The third-order valence-electron chi connectivity index (χ3n) is 3.24. The van der Waals surface area contributed by atoms with Crippen LogP contribution in [0.5, 0.6) is 0 Å². The Balaban J connectivity index is 2.25. The number of hydrogen-bond donors (Lipinski definition) is 1. The molecule has 0 unspecified atom stereocenters. The normalized spacial score (nSPS) is 14.7. The minimum absolute atomic E-state index is 0.0303. The van der Waals surface area contributed by atoms with Gasteiger partial charge in [-0.3, -0.25) is 4.79 Å². The van der Waals surface area contributed by atoms with E-state index in [1.807, 2.05) is 13.0 Å². The number of aryl methyl sites for hydroxylation is 1. The van der Waals surface area contributed by atoms with Gasteiger partial charge in [0.1, 0.15) is 6.54 Å². The molecule has 1 aromatic rings. The predicted octanol–water partition coefficient (Wildman–Crippen LogP) is 2.21. The van der Waals surface area contributed by atoms with Crippen molar-refractivity contribution >= 4 is 11.9 Å². The highest BCUT2D eigenvalue weighted by molar-refractivity contribution is 5.72. The topological polar surface area (TPSA) is 66.3 Å². The van der Waals surface area contributed by atoms with Crippen LogP contribution < -0.4 is 4.90 Å². The summed E-state index contributed by atoms with van der Waals surface area (Å²) < 4.78 is 0. The highest BCUT2D eigenvalue weighted by Gasteiger charge is 2.27. The number of hydrogen-bond acceptors (Lipinski definition) is 4. The van der Waals surface area contributed by atoms with E-state index in [0.29, 0.717) is 17.8 Å². The Labute approximate surface area is 113 Å². The van der Waals surface area contributed by atoms with Crippen molar-refractivity contribution in [1.29, 1.82) is 0 Å². The van der Waals surface area contributed by atoms with Crippen LogP contribution in [-0.2, 0) is 4.79 Å². The molecule has 5 heteroatoms. The third-order valence-corrected chi connectivity index (χ3v) is 3.24. The zero-order valence-corrected chi connectivity index (χ0v) is 11.8. The van der Waals surface area contributed by atoms with E-state index < -0.39 is 5.97 Å². The lowest BCUT2D eigenvalue weighted by Gasteiger charge is -2.21. The molecule has 0 spiro atoms. The van der Waals surface area contributed by atoms with Crippen molar-refractivity contribution in [1.82, 2.24) is 9.97 Å². The minimum Gasteiger partial charge on any atom is -0.480 e. The van der Waals surface area contributed by atoms with Crippen LogP contribution in [0.1, 0.15) is 44.0 Å². The smallest absolute Gasteiger partial charge is 0.323 e. The maximum absolute atomic E-state index is 11.0. The van der Waals surface area contributed by atoms with Gasteiger partial charge in [0.05, 0.1) is 0 Å². The fourth-order valence-electron chi connectivity index (χ4n) is 2.01. The summed E-state index contributed by atoms with van der Waals surface area (Å²) in [5.41, 5.74) is 1.86. The highest BCUT2D eigenvalue weighted by atomic mass is 16.4. The Bertz CT molecular complexity index is 470. The molecule has 0 atom stereocenters. The monoisotopic (exact) mass is 263 g/mol. The van der Waals surface area contributed by atoms with E-state index in [2.05, 4.69) is 23.8 Å². The Morgan fingerprint density at radius 3 is 2.68 bits per heavy atom. The van der Waals surface area contributed by atoms with Gasteiger partial charge in [0.25, 0.3) is 0 Å². The average Bonchev–Trinajstić information content (AvgIpc) is 3.10. The van der Waals surface area contributed by atoms with Crippen LogP contribution in [-0.4, -0.2) is 34.1 Å². The number of carboxylic acids is 1. The lowest BCUT2D eigenvalue weighted by Crippen LogP contribution is -2.33. The zero-order valence-electron chi connectivity index (χ0n) is 11.8. The van der Waals surface area contributed by atoms with Crippen LogP contribution in [0.2, 0.25) is 0 Å². The van der Waals surface area contributed by atoms with Crippen molar-refractivity contribution < 1.29 is 9.90 Å². The quantitative estimate of drug-likeness (QED) is 0.852. The first-order chi connectivity index (χ1) is 8.95. The van der Waals surface area contributed by atoms with E-state index in [4.69, 9.17) is 5.11 Å². The first kappa shape index (κ1) is 13.8. The Morgan fingerprint density at radius 2 is 2.16 bits per heavy atom. The lowest BCUT2D eigenvalue weighted by molar-refractivity contribution is -0.135. The van der Waals surface area contributed by atoms with Gasteiger partial charge in [0, 0.05) is 17.9 Å². The molecule has 1 aromatic heterocycles. The number of anilines is 1. The van der Waals surface area contributed by atoms with Gasteiger partial charge in [-0.2, -0.15) is 0 Å². The van der Waals surface area contributed by atoms with Crippen molar-refractivity contribution in [2.45, 2.75) is 39.5 Å². The van der Waals surface area contributed by atoms with E-state index in [9.17, 15) is 4.79 Å². The van der Waals surface area contributed by atoms with Crippen molar-refractivity contribution in [2.24, 2.45) is 5.92 Å². The van der Waals surface area contributed by atoms with Gasteiger partial charge in [-0.15, -0.1) is 0 Å². The molecule has 1 aliphatic carbocycles. The van der Waals surface area contributed by atoms with Crippen LogP contribution in [0.15, 0.2) is 6.07 Å². The summed E-state index contributed by atoms with van der Waals surface area (Å²) in [5, 5.41) is 9.03. The molecule has 104 valence electrons. The molecule has 19 heavy (non-hydrogen) atoms. The molecule has 2 rings (SSSR count). The van der Waals surface area contributed by atoms with E-state index in [1.165, 1.54) is 12.8 Å². The molecule has 0 amide bonds. The maximum Gasteiger partial charge on any atom is 0.323 e. The summed E-state index contributed by atoms with van der Waals surface area (Å²) in [7, 11) is 0. The maximum atomic E-state index is 11.0. The number of nitrogens with zero attached hydrogens (tertiary/aromatic N) is 3. The molecule has 1 aliphatic rings. The Morgan fingerprint density at radius 1 is 1.47 bits per heavy atom. The first-order valence-electron chi connectivity index (χ1n) is 6.78. The van der Waals surface area contributed by atoms with Crippen LogP contribution in [0.4, 0.5) is 5.95 Å². The van der Waals surface area contributed by atoms with Crippen molar-refractivity contribution in [3.05, 3.63) is 17.5 Å². The van der Waals surface area contributed by atoms with E-state index in [1.54, 1.807) is 4.90 Å². The third kappa shape index (κ3) is 3.91. The second-order valence-corrected chi connectivity index (χ2v) is 5.61. The second-order valence-electron chi connectivity index (χ2n) is 5.61. The van der Waals surface area contributed by atoms with Crippen LogP contribution in [0.3, 0.4) is 0 Å². The molecule has 0 radical (unpaired) electrons. The largest absolute Gasteiger partial charge is 0.480 e. The number of carboxylic acid groups (broad SMARTS) is 1. The van der Waals surface area contributed by atoms with Crippen molar-refractivity contribution in [3.63, 3.8) is 0 Å². The van der Waals surface area contributed by atoms with Crippen molar-refractivity contribution in [3.8, 4) is 0 Å². The van der Waals surface area contributed by atoms with E-state index in [-0.39, 0.29) is 6.54 Å². The molecule has 0 aromatic carbocycles. The van der Waals surface area contributed by atoms with Gasteiger partial charge in [-0.05, 0) is 37.7 Å². The number of rotatable bonds is 6. The molecular weight excluding hydrogens is 242 g/mol. The van der Waals surface area contributed by atoms with Gasteiger partial charge in [0.15, 0.2) is 0 Å². The number of aromatic nitrogens is 2. The minimum atomic E-state index is -0.836. The van der Waals surface area contributed by atoms with Gasteiger partial charge in [-0.1, -0.05) is 13.8 Å². The Hall–Kier alpha value is -1.65. The molecule has 1 fully saturated rings. The van der Waals surface area contributed by atoms with Gasteiger partial charge in [0.2, 0.25) is 5.95 Å². The predicted molar refractivity (Wildman–Crippen MR) is 73.4 cm³/mol. The summed E-state index contributed by atoms with van der Waals surface area (Å²) in [5.74, 6) is 0.633. The number of aliphatic carboxylic acids is 1. The summed E-state index contributed by atoms with van der Waals surface area (Å²) in [6, 6.07) is 1.96. The standard InChI is InChI=1S/C14H21N3O2/c1-9(2)12-6-10(3)15-14(16-12)17(8-13(18)19)7-11-4-5-11/h6,9,11H,4-5,7-8H2,1-3H3,(H,18,19). The SMILES string of the molecule is Cc1cc(C(C)C)nc(N(CC(=O)O)CC2CC2)n1. The lowest BCUT2D eigenvalue weighted by atomic mass is 10.1. The van der Waals surface area contributed by atoms with Gasteiger partial charge >= 0.3 is 5.97 Å². The molecule has 0 saturated heterocycles. The van der Waals surface area contributed by atoms with Gasteiger partial charge in [-0.25, -0.2) is 9.97 Å². The van der Waals surface area contributed by atoms with Crippen LogP contribution >= 0.6 is 0 Å². The average molecular weight is 263 g/mol. The summed E-state index contributed by atoms with van der Waals surface area (Å²) in [6.07, 6.45) is 2.36. The van der Waals surface area contributed by atoms with Crippen molar-refractivity contribution in [2.75, 3.05) is 18.0 Å². The van der Waals surface area contributed by atoms with E-state index in [0.717, 1.165) is 17.9 Å². The van der Waals surface area contributed by atoms with E-state index >= 15 is 0 Å². The molecule has 0 bridgehead atoms. The summed E-state index contributed by atoms with van der Waals surface area (Å²) >= 11 is 0. The molecule has 1 N–H and O–H groups in total. The van der Waals surface area contributed by atoms with Crippen LogP contribution in [0.25, 0.3) is 0 Å². The summed E-state index contributed by atoms with van der Waals surface area (Å²) in [6.45, 7) is 6.79. The van der Waals surface area contributed by atoms with Crippen LogP contribution in [0, 0.1) is 12.8 Å². The second kappa shape index (κ2) is 5.55. The molecule has 1 saturated carbocycles. The van der Waals surface area contributed by atoms with Gasteiger partial charge < -0.3 is 10.0 Å². The Kier molecular flexibility index (Phi) is 4.02. The molecular formula is C14H21N3O2. The molecule has 1 heterocycles. The zero-order chi connectivity index (χ0) is 14.0.